The maximum Gasteiger partial charge on any atom is -0.00253 e. The van der Waals surface area contributed by atoms with E-state index in [0.29, 0.717) is 23.7 Å². The molecule has 0 heteroatoms. The van der Waals surface area contributed by atoms with E-state index in [1.807, 2.05) is 0 Å². The Hall–Kier alpha value is -1.56. The van der Waals surface area contributed by atoms with Crippen LogP contribution in [0.15, 0.2) is 24.3 Å². The maximum absolute atomic E-state index is 3.62. The van der Waals surface area contributed by atoms with Gasteiger partial charge in [0.05, 0.1) is 0 Å². The van der Waals surface area contributed by atoms with Crippen LogP contribution in [0.3, 0.4) is 0 Å². The number of hydrogen-bond acceptors (Lipinski definition) is 0. The molecule has 25 heavy (non-hydrogen) atoms. The van der Waals surface area contributed by atoms with Crippen LogP contribution in [0, 0.1) is 12.1 Å². The quantitative estimate of drug-likeness (QED) is 0.517. The van der Waals surface area contributed by atoms with Crippen LogP contribution < -0.4 is 0 Å². The highest BCUT2D eigenvalue weighted by Crippen LogP contribution is 2.27. The zero-order chi connectivity index (χ0) is 18.7. The van der Waals surface area contributed by atoms with Crippen molar-refractivity contribution >= 4 is 0 Å². The highest BCUT2D eigenvalue weighted by atomic mass is 14.2. The fourth-order valence-corrected chi connectivity index (χ4v) is 3.04. The van der Waals surface area contributed by atoms with E-state index in [0.717, 1.165) is 6.42 Å². The summed E-state index contributed by atoms with van der Waals surface area (Å²) in [6, 6.07) is 16.6. The van der Waals surface area contributed by atoms with E-state index in [2.05, 4.69) is 91.8 Å². The first-order valence-electron chi connectivity index (χ1n) is 9.79. The summed E-state index contributed by atoms with van der Waals surface area (Å²) < 4.78 is 0. The van der Waals surface area contributed by atoms with Gasteiger partial charge >= 0.3 is 0 Å². The Morgan fingerprint density at radius 1 is 0.520 bits per heavy atom. The molecular formula is C25H34. The first-order valence-corrected chi connectivity index (χ1v) is 9.79. The van der Waals surface area contributed by atoms with E-state index in [4.69, 9.17) is 0 Å². The minimum absolute atomic E-state index is 0.513. The van der Waals surface area contributed by atoms with Gasteiger partial charge in [-0.15, -0.1) is 0 Å². The molecule has 0 N–H and O–H groups in total. The highest BCUT2D eigenvalue weighted by molar-refractivity contribution is 5.39. The zero-order valence-corrected chi connectivity index (χ0v) is 17.3. The van der Waals surface area contributed by atoms with Gasteiger partial charge in [0.15, 0.2) is 0 Å². The second kappa shape index (κ2) is 8.21. The summed E-state index contributed by atoms with van der Waals surface area (Å²) in [6.45, 7) is 18.0. The SMILES string of the molecule is CC(C)c1[c]c(C(C)C)cc(Cc2cc(C(C)C)[c]c(C(C)C)c2)c1. The first-order chi connectivity index (χ1) is 11.7. The Kier molecular flexibility index (Phi) is 6.49. The Morgan fingerprint density at radius 3 is 0.960 bits per heavy atom. The van der Waals surface area contributed by atoms with Crippen LogP contribution in [0.25, 0.3) is 0 Å². The fraction of sp³-hybridized carbons (Fsp3) is 0.520. The molecule has 0 fully saturated rings. The Bertz CT molecular complexity index is 588. The lowest BCUT2D eigenvalue weighted by molar-refractivity contribution is 0.819. The predicted molar refractivity (Wildman–Crippen MR) is 110 cm³/mol. The summed E-state index contributed by atoms with van der Waals surface area (Å²) >= 11 is 0. The molecular weight excluding hydrogens is 300 g/mol. The molecule has 0 heterocycles. The molecule has 0 atom stereocenters. The average Bonchev–Trinajstić information content (AvgIpc) is 2.53. The molecule has 134 valence electrons. The van der Waals surface area contributed by atoms with Crippen molar-refractivity contribution in [3.05, 3.63) is 69.8 Å². The van der Waals surface area contributed by atoms with Crippen molar-refractivity contribution in [2.75, 3.05) is 0 Å². The minimum Gasteiger partial charge on any atom is -0.0587 e. The number of rotatable bonds is 6. The van der Waals surface area contributed by atoms with Gasteiger partial charge in [0.25, 0.3) is 0 Å². The van der Waals surface area contributed by atoms with E-state index in [9.17, 15) is 0 Å². The van der Waals surface area contributed by atoms with Crippen molar-refractivity contribution < 1.29 is 0 Å². The second-order valence-corrected chi connectivity index (χ2v) is 8.59. The molecule has 0 aliphatic heterocycles. The van der Waals surface area contributed by atoms with Crippen molar-refractivity contribution in [1.82, 2.24) is 0 Å². The molecule has 0 unspecified atom stereocenters. The Labute approximate surface area is 155 Å². The molecule has 0 saturated carbocycles. The van der Waals surface area contributed by atoms with Crippen LogP contribution >= 0.6 is 0 Å². The summed E-state index contributed by atoms with van der Waals surface area (Å²) in [5.74, 6) is 2.05. The third-order valence-electron chi connectivity index (χ3n) is 4.84. The van der Waals surface area contributed by atoms with Gasteiger partial charge in [-0.25, -0.2) is 0 Å². The maximum atomic E-state index is 3.62. The zero-order valence-electron chi connectivity index (χ0n) is 17.3. The van der Waals surface area contributed by atoms with Gasteiger partial charge in [-0.3, -0.25) is 0 Å². The Balaban J connectivity index is 2.44. The van der Waals surface area contributed by atoms with Gasteiger partial charge in [0.2, 0.25) is 0 Å². The molecule has 0 spiro atoms. The Morgan fingerprint density at radius 2 is 0.760 bits per heavy atom. The largest absolute Gasteiger partial charge is 0.0587 e. The van der Waals surface area contributed by atoms with Gasteiger partial charge in [0.1, 0.15) is 0 Å². The van der Waals surface area contributed by atoms with E-state index in [1.165, 1.54) is 33.4 Å². The lowest BCUT2D eigenvalue weighted by Gasteiger charge is -2.16. The molecule has 0 nitrogen and oxygen atoms in total. The van der Waals surface area contributed by atoms with Crippen molar-refractivity contribution in [3.63, 3.8) is 0 Å². The molecule has 0 aliphatic rings. The van der Waals surface area contributed by atoms with E-state index >= 15 is 0 Å². The molecule has 0 aliphatic carbocycles. The van der Waals surface area contributed by atoms with Crippen LogP contribution in [-0.2, 0) is 6.42 Å². The molecule has 2 aromatic carbocycles. The van der Waals surface area contributed by atoms with Crippen LogP contribution in [0.5, 0.6) is 0 Å². The van der Waals surface area contributed by atoms with Crippen LogP contribution in [0.1, 0.15) is 112 Å². The molecule has 2 aromatic rings. The van der Waals surface area contributed by atoms with Gasteiger partial charge in [-0.2, -0.15) is 0 Å². The van der Waals surface area contributed by atoms with E-state index in [1.54, 1.807) is 0 Å². The summed E-state index contributed by atoms with van der Waals surface area (Å²) in [5.41, 5.74) is 8.13. The van der Waals surface area contributed by atoms with Gasteiger partial charge in [-0.05, 0) is 75.6 Å². The molecule has 2 radical (unpaired) electrons. The molecule has 0 bridgehead atoms. The summed E-state index contributed by atoms with van der Waals surface area (Å²) in [7, 11) is 0. The molecule has 2 rings (SSSR count). The summed E-state index contributed by atoms with van der Waals surface area (Å²) in [5, 5.41) is 0. The normalized spacial score (nSPS) is 12.0. The summed E-state index contributed by atoms with van der Waals surface area (Å²) in [6.07, 6.45) is 0.988. The molecule has 0 saturated heterocycles. The highest BCUT2D eigenvalue weighted by Gasteiger charge is 2.11. The second-order valence-electron chi connectivity index (χ2n) is 8.59. The lowest BCUT2D eigenvalue weighted by Crippen LogP contribution is -2.01. The lowest BCUT2D eigenvalue weighted by atomic mass is 9.88. The predicted octanol–water partition coefficient (Wildman–Crippen LogP) is 7.37. The first kappa shape index (κ1) is 19.8. The molecule has 0 amide bonds. The van der Waals surface area contributed by atoms with Crippen LogP contribution in [-0.4, -0.2) is 0 Å². The third kappa shape index (κ3) is 5.21. The van der Waals surface area contributed by atoms with Crippen LogP contribution in [0.4, 0.5) is 0 Å². The van der Waals surface area contributed by atoms with Crippen molar-refractivity contribution in [1.29, 1.82) is 0 Å². The van der Waals surface area contributed by atoms with Gasteiger partial charge in [-0.1, -0.05) is 79.7 Å². The molecule has 0 aromatic heterocycles. The van der Waals surface area contributed by atoms with Crippen molar-refractivity contribution in [3.8, 4) is 0 Å². The topological polar surface area (TPSA) is 0 Å². The fourth-order valence-electron chi connectivity index (χ4n) is 3.04. The van der Waals surface area contributed by atoms with Gasteiger partial charge < -0.3 is 0 Å². The minimum atomic E-state index is 0.513. The third-order valence-corrected chi connectivity index (χ3v) is 4.84. The summed E-state index contributed by atoms with van der Waals surface area (Å²) in [4.78, 5) is 0. The number of benzene rings is 2. The van der Waals surface area contributed by atoms with Crippen molar-refractivity contribution in [2.45, 2.75) is 85.5 Å². The van der Waals surface area contributed by atoms with E-state index in [-0.39, 0.29) is 0 Å². The monoisotopic (exact) mass is 334 g/mol. The standard InChI is InChI=1S/C25H34/c1-16(2)22-10-20(11-23(14-22)17(3)4)9-21-12-24(18(5)6)15-25(13-21)19(7)8/h10-13,16-19H,9H2,1-8H3. The smallest absolute Gasteiger partial charge is 0.00253 e. The number of hydrogen-bond donors (Lipinski definition) is 0. The van der Waals surface area contributed by atoms with Crippen molar-refractivity contribution in [2.24, 2.45) is 0 Å². The van der Waals surface area contributed by atoms with Crippen LogP contribution in [0.2, 0.25) is 0 Å². The average molecular weight is 335 g/mol. The van der Waals surface area contributed by atoms with Gasteiger partial charge in [0, 0.05) is 0 Å². The van der Waals surface area contributed by atoms with E-state index < -0.39 is 0 Å².